The van der Waals surface area contributed by atoms with E-state index in [2.05, 4.69) is 5.32 Å². The molecule has 150 valence electrons. The predicted molar refractivity (Wildman–Crippen MR) is 117 cm³/mol. The van der Waals surface area contributed by atoms with E-state index in [1.165, 1.54) is 11.4 Å². The van der Waals surface area contributed by atoms with Crippen LogP contribution in [0.5, 0.6) is 0 Å². The van der Waals surface area contributed by atoms with Crippen molar-refractivity contribution in [2.75, 3.05) is 16.7 Å². The summed E-state index contributed by atoms with van der Waals surface area (Å²) in [6.07, 6.45) is 0.211. The van der Waals surface area contributed by atoms with Crippen LogP contribution in [0.4, 0.5) is 11.4 Å². The van der Waals surface area contributed by atoms with Gasteiger partial charge >= 0.3 is 0 Å². The third kappa shape index (κ3) is 4.84. The number of nitrogens with one attached hydrogen (secondary N) is 1. The van der Waals surface area contributed by atoms with Crippen molar-refractivity contribution >= 4 is 27.3 Å². The number of hydrogen-bond donors (Lipinski definition) is 1. The summed E-state index contributed by atoms with van der Waals surface area (Å²) >= 11 is 0. The molecule has 0 aliphatic carbocycles. The zero-order valence-corrected chi connectivity index (χ0v) is 17.5. The van der Waals surface area contributed by atoms with Crippen LogP contribution in [0.15, 0.2) is 77.7 Å². The molecule has 0 spiro atoms. The molecular formula is C23H24N2O3S. The Kier molecular flexibility index (Phi) is 6.03. The predicted octanol–water partition coefficient (Wildman–Crippen LogP) is 4.31. The lowest BCUT2D eigenvalue weighted by molar-refractivity contribution is -0.115. The monoisotopic (exact) mass is 408 g/mol. The number of sulfonamides is 1. The standard InChI is InChI=1S/C23H24N2O3S/c1-17-8-14-21(15-9-17)29(27,28)25(3)20-12-10-19(11-13-20)16-23(26)24-22-7-5-4-6-18(22)2/h4-15H,16H2,1-3H3,(H,24,26). The molecule has 0 aliphatic heterocycles. The number of anilines is 2. The molecule has 3 rings (SSSR count). The SMILES string of the molecule is Cc1ccc(S(=O)(=O)N(C)c2ccc(CC(=O)Nc3ccccc3C)cc2)cc1. The first kappa shape index (κ1) is 20.6. The van der Waals surface area contributed by atoms with Crippen molar-refractivity contribution in [1.82, 2.24) is 0 Å². The van der Waals surface area contributed by atoms with Crippen LogP contribution in [0.3, 0.4) is 0 Å². The number of hydrogen-bond acceptors (Lipinski definition) is 3. The molecule has 6 heteroatoms. The summed E-state index contributed by atoms with van der Waals surface area (Å²) < 4.78 is 26.9. The second-order valence-electron chi connectivity index (χ2n) is 6.99. The fourth-order valence-electron chi connectivity index (χ4n) is 2.92. The van der Waals surface area contributed by atoms with Crippen LogP contribution in [0.1, 0.15) is 16.7 Å². The Morgan fingerprint density at radius 2 is 1.52 bits per heavy atom. The van der Waals surface area contributed by atoms with Gasteiger partial charge in [0.2, 0.25) is 5.91 Å². The zero-order valence-electron chi connectivity index (χ0n) is 16.7. The highest BCUT2D eigenvalue weighted by atomic mass is 32.2. The number of benzene rings is 3. The zero-order chi connectivity index (χ0) is 21.0. The quantitative estimate of drug-likeness (QED) is 0.661. The molecule has 1 N–H and O–H groups in total. The lowest BCUT2D eigenvalue weighted by Crippen LogP contribution is -2.26. The summed E-state index contributed by atoms with van der Waals surface area (Å²) in [5.74, 6) is -0.118. The van der Waals surface area contributed by atoms with Crippen molar-refractivity contribution in [2.24, 2.45) is 0 Å². The van der Waals surface area contributed by atoms with Gasteiger partial charge in [0.25, 0.3) is 10.0 Å². The van der Waals surface area contributed by atoms with Crippen LogP contribution >= 0.6 is 0 Å². The fraction of sp³-hybridized carbons (Fsp3) is 0.174. The highest BCUT2D eigenvalue weighted by Crippen LogP contribution is 2.23. The minimum Gasteiger partial charge on any atom is -0.326 e. The van der Waals surface area contributed by atoms with E-state index in [-0.39, 0.29) is 17.2 Å². The minimum atomic E-state index is -3.64. The van der Waals surface area contributed by atoms with Crippen molar-refractivity contribution in [3.63, 3.8) is 0 Å². The number of amides is 1. The van der Waals surface area contributed by atoms with Crippen molar-refractivity contribution in [2.45, 2.75) is 25.2 Å². The van der Waals surface area contributed by atoms with Crippen LogP contribution in [0, 0.1) is 13.8 Å². The van der Waals surface area contributed by atoms with Gasteiger partial charge in [0.1, 0.15) is 0 Å². The highest BCUT2D eigenvalue weighted by Gasteiger charge is 2.21. The maximum atomic E-state index is 12.8. The maximum Gasteiger partial charge on any atom is 0.264 e. The van der Waals surface area contributed by atoms with Gasteiger partial charge in [-0.3, -0.25) is 9.10 Å². The molecular weight excluding hydrogens is 384 g/mol. The van der Waals surface area contributed by atoms with Crippen LogP contribution in [-0.4, -0.2) is 21.4 Å². The van der Waals surface area contributed by atoms with Crippen molar-refractivity contribution in [1.29, 1.82) is 0 Å². The van der Waals surface area contributed by atoms with E-state index in [9.17, 15) is 13.2 Å². The van der Waals surface area contributed by atoms with E-state index in [0.29, 0.717) is 5.69 Å². The summed E-state index contributed by atoms with van der Waals surface area (Å²) in [5, 5.41) is 2.90. The number of rotatable bonds is 6. The number of aryl methyl sites for hydroxylation is 2. The second-order valence-corrected chi connectivity index (χ2v) is 8.96. The van der Waals surface area contributed by atoms with E-state index < -0.39 is 10.0 Å². The third-order valence-electron chi connectivity index (χ3n) is 4.76. The van der Waals surface area contributed by atoms with Crippen molar-refractivity contribution in [3.8, 4) is 0 Å². The van der Waals surface area contributed by atoms with Crippen LogP contribution in [0.2, 0.25) is 0 Å². The normalized spacial score (nSPS) is 11.1. The first-order chi connectivity index (χ1) is 13.8. The smallest absolute Gasteiger partial charge is 0.264 e. The first-order valence-corrected chi connectivity index (χ1v) is 10.7. The van der Waals surface area contributed by atoms with E-state index in [4.69, 9.17) is 0 Å². The van der Waals surface area contributed by atoms with Gasteiger partial charge in [-0.25, -0.2) is 8.42 Å². The molecule has 3 aromatic carbocycles. The molecule has 0 radical (unpaired) electrons. The van der Waals surface area contributed by atoms with Crippen LogP contribution < -0.4 is 9.62 Å². The Morgan fingerprint density at radius 3 is 2.14 bits per heavy atom. The van der Waals surface area contributed by atoms with E-state index in [0.717, 1.165) is 22.4 Å². The van der Waals surface area contributed by atoms with Crippen molar-refractivity contribution < 1.29 is 13.2 Å². The fourth-order valence-corrected chi connectivity index (χ4v) is 4.12. The largest absolute Gasteiger partial charge is 0.326 e. The van der Waals surface area contributed by atoms with Gasteiger partial charge in [-0.05, 0) is 55.3 Å². The van der Waals surface area contributed by atoms with Crippen molar-refractivity contribution in [3.05, 3.63) is 89.5 Å². The molecule has 0 aromatic heterocycles. The molecule has 0 saturated carbocycles. The molecule has 0 bridgehead atoms. The number of nitrogens with zero attached hydrogens (tertiary/aromatic N) is 1. The second kappa shape index (κ2) is 8.49. The Bertz CT molecular complexity index is 1110. The van der Waals surface area contributed by atoms with E-state index in [1.54, 1.807) is 48.5 Å². The molecule has 0 unspecified atom stereocenters. The van der Waals surface area contributed by atoms with Gasteiger partial charge in [0.05, 0.1) is 17.0 Å². The van der Waals surface area contributed by atoms with Crippen LogP contribution in [0.25, 0.3) is 0 Å². The summed E-state index contributed by atoms with van der Waals surface area (Å²) in [4.78, 5) is 12.6. The van der Waals surface area contributed by atoms with E-state index in [1.807, 2.05) is 38.1 Å². The molecule has 0 saturated heterocycles. The van der Waals surface area contributed by atoms with Gasteiger partial charge in [-0.1, -0.05) is 48.0 Å². The average Bonchev–Trinajstić information content (AvgIpc) is 2.70. The average molecular weight is 409 g/mol. The van der Waals surface area contributed by atoms with E-state index >= 15 is 0 Å². The van der Waals surface area contributed by atoms with Gasteiger partial charge in [0.15, 0.2) is 0 Å². The Hall–Kier alpha value is -3.12. The lowest BCUT2D eigenvalue weighted by atomic mass is 10.1. The first-order valence-electron chi connectivity index (χ1n) is 9.27. The van der Waals surface area contributed by atoms with Gasteiger partial charge < -0.3 is 5.32 Å². The molecule has 0 atom stereocenters. The summed E-state index contributed by atoms with van der Waals surface area (Å²) in [7, 11) is -2.11. The Morgan fingerprint density at radius 1 is 0.897 bits per heavy atom. The Balaban J connectivity index is 1.70. The molecule has 3 aromatic rings. The van der Waals surface area contributed by atoms with Gasteiger partial charge in [-0.15, -0.1) is 0 Å². The molecule has 0 aliphatic rings. The summed E-state index contributed by atoms with van der Waals surface area (Å²) in [6.45, 7) is 3.85. The number of carbonyl (C=O) groups is 1. The molecule has 5 nitrogen and oxygen atoms in total. The lowest BCUT2D eigenvalue weighted by Gasteiger charge is -2.20. The topological polar surface area (TPSA) is 66.5 Å². The van der Waals surface area contributed by atoms with Gasteiger partial charge in [-0.2, -0.15) is 0 Å². The summed E-state index contributed by atoms with van der Waals surface area (Å²) in [5.41, 5.74) is 4.13. The molecule has 29 heavy (non-hydrogen) atoms. The maximum absolute atomic E-state index is 12.8. The number of carbonyl (C=O) groups excluding carboxylic acids is 1. The Labute approximate surface area is 172 Å². The molecule has 1 amide bonds. The van der Waals surface area contributed by atoms with Crippen LogP contribution in [-0.2, 0) is 21.2 Å². The number of para-hydroxylation sites is 1. The minimum absolute atomic E-state index is 0.118. The molecule has 0 fully saturated rings. The summed E-state index contributed by atoms with van der Waals surface area (Å²) in [6, 6.07) is 21.3. The molecule has 0 heterocycles. The van der Waals surface area contributed by atoms with Gasteiger partial charge in [0, 0.05) is 12.7 Å². The highest BCUT2D eigenvalue weighted by molar-refractivity contribution is 7.92. The third-order valence-corrected chi connectivity index (χ3v) is 6.56.